The van der Waals surface area contributed by atoms with Crippen LogP contribution in [0.25, 0.3) is 11.4 Å². The number of aryl methyl sites for hydroxylation is 1. The van der Waals surface area contributed by atoms with Gasteiger partial charge in [-0.3, -0.25) is 0 Å². The zero-order valence-electron chi connectivity index (χ0n) is 16.5. The smallest absolute Gasteiger partial charge is 0.335 e. The molecule has 1 aromatic carbocycles. The second kappa shape index (κ2) is 12.0. The third-order valence-electron chi connectivity index (χ3n) is 4.34. The lowest BCUT2D eigenvalue weighted by atomic mass is 10.0. The molecule has 0 aliphatic carbocycles. The Balaban J connectivity index is 1.86. The van der Waals surface area contributed by atoms with Crippen LogP contribution in [0.1, 0.15) is 64.4 Å². The van der Waals surface area contributed by atoms with E-state index < -0.39 is 5.97 Å². The molecule has 0 aliphatic heterocycles. The number of hydrogen-bond acceptors (Lipinski definition) is 4. The monoisotopic (exact) mass is 366 g/mol. The van der Waals surface area contributed by atoms with Crippen molar-refractivity contribution in [1.29, 1.82) is 0 Å². The Hall–Kier alpha value is -2.49. The van der Waals surface area contributed by atoms with E-state index in [0.29, 0.717) is 11.6 Å². The number of unbranched alkanes of at least 4 members (excludes halogenated alkanes) is 5. The van der Waals surface area contributed by atoms with E-state index >= 15 is 0 Å². The molecule has 144 valence electrons. The number of allylic oxidation sites excluding steroid dienone is 1. The van der Waals surface area contributed by atoms with Gasteiger partial charge in [0.1, 0.15) is 0 Å². The fourth-order valence-electron chi connectivity index (χ4n) is 2.77. The first-order valence-corrected chi connectivity index (χ1v) is 10.0. The van der Waals surface area contributed by atoms with Crippen LogP contribution in [0.15, 0.2) is 48.8 Å². The average molecular weight is 367 g/mol. The van der Waals surface area contributed by atoms with Crippen molar-refractivity contribution < 1.29 is 9.53 Å². The zero-order valence-corrected chi connectivity index (χ0v) is 16.5. The van der Waals surface area contributed by atoms with Gasteiger partial charge in [-0.25, -0.2) is 14.8 Å². The molecule has 0 bridgehead atoms. The summed E-state index contributed by atoms with van der Waals surface area (Å²) in [5.41, 5.74) is 2.31. The van der Waals surface area contributed by atoms with Gasteiger partial charge >= 0.3 is 5.97 Å². The van der Waals surface area contributed by atoms with Crippen molar-refractivity contribution in [2.45, 2.75) is 65.2 Å². The molecule has 4 nitrogen and oxygen atoms in total. The van der Waals surface area contributed by atoms with E-state index in [1.165, 1.54) is 56.1 Å². The van der Waals surface area contributed by atoms with Gasteiger partial charge < -0.3 is 4.74 Å². The third kappa shape index (κ3) is 7.73. The van der Waals surface area contributed by atoms with Gasteiger partial charge in [-0.2, -0.15) is 0 Å². The Kier molecular flexibility index (Phi) is 9.25. The summed E-state index contributed by atoms with van der Waals surface area (Å²) in [5.74, 6) is 0.586. The van der Waals surface area contributed by atoms with Crippen LogP contribution in [0, 0.1) is 0 Å². The van der Waals surface area contributed by atoms with Gasteiger partial charge in [0.2, 0.25) is 0 Å². The molecule has 0 amide bonds. The van der Waals surface area contributed by atoms with Crippen molar-refractivity contribution in [2.75, 3.05) is 0 Å². The van der Waals surface area contributed by atoms with Crippen LogP contribution in [-0.4, -0.2) is 15.9 Å². The second-order valence-corrected chi connectivity index (χ2v) is 6.72. The number of hydrogen-bond donors (Lipinski definition) is 0. The highest BCUT2D eigenvalue weighted by molar-refractivity contribution is 5.83. The predicted octanol–water partition coefficient (Wildman–Crippen LogP) is 5.92. The van der Waals surface area contributed by atoms with E-state index in [4.69, 9.17) is 4.74 Å². The Morgan fingerprint density at radius 2 is 1.67 bits per heavy atom. The van der Waals surface area contributed by atoms with Gasteiger partial charge in [-0.1, -0.05) is 76.3 Å². The molecule has 0 saturated carbocycles. The fraction of sp³-hybridized carbons (Fsp3) is 0.435. The van der Waals surface area contributed by atoms with E-state index in [1.54, 1.807) is 0 Å². The molecule has 2 aromatic rings. The van der Waals surface area contributed by atoms with Crippen molar-refractivity contribution in [3.63, 3.8) is 0 Å². The minimum atomic E-state index is -0.400. The normalized spacial score (nSPS) is 11.0. The molecule has 1 heterocycles. The molecule has 0 unspecified atom stereocenters. The van der Waals surface area contributed by atoms with E-state index in [1.807, 2.05) is 6.08 Å². The lowest BCUT2D eigenvalue weighted by Gasteiger charge is -2.05. The largest absolute Gasteiger partial charge is 0.420 e. The summed E-state index contributed by atoms with van der Waals surface area (Å²) in [5, 5.41) is 0. The van der Waals surface area contributed by atoms with Gasteiger partial charge in [0.15, 0.2) is 11.6 Å². The molecular formula is C23H30N2O2. The van der Waals surface area contributed by atoms with Crippen LogP contribution in [-0.2, 0) is 11.2 Å². The van der Waals surface area contributed by atoms with Crippen molar-refractivity contribution >= 4 is 5.97 Å². The van der Waals surface area contributed by atoms with E-state index in [2.05, 4.69) is 48.1 Å². The van der Waals surface area contributed by atoms with Crippen LogP contribution in [0.3, 0.4) is 0 Å². The summed E-state index contributed by atoms with van der Waals surface area (Å²) >= 11 is 0. The third-order valence-corrected chi connectivity index (χ3v) is 4.34. The van der Waals surface area contributed by atoms with E-state index in [9.17, 15) is 4.79 Å². The number of ether oxygens (including phenoxy) is 1. The maximum absolute atomic E-state index is 11.7. The highest BCUT2D eigenvalue weighted by atomic mass is 16.5. The highest BCUT2D eigenvalue weighted by Gasteiger charge is 2.05. The average Bonchev–Trinajstić information content (AvgIpc) is 2.69. The predicted molar refractivity (Wildman–Crippen MR) is 110 cm³/mol. The maximum atomic E-state index is 11.7. The number of carbonyl (C=O) groups is 1. The SMILES string of the molecule is CCCC=CC(=O)Oc1cnc(-c2ccc(CCCCCCC)cc2)nc1. The molecule has 1 aromatic heterocycles. The summed E-state index contributed by atoms with van der Waals surface area (Å²) < 4.78 is 5.19. The van der Waals surface area contributed by atoms with Crippen LogP contribution in [0.2, 0.25) is 0 Å². The molecule has 2 rings (SSSR count). The number of carbonyl (C=O) groups excluding carboxylic acids is 1. The highest BCUT2D eigenvalue weighted by Crippen LogP contribution is 2.18. The molecule has 0 saturated heterocycles. The topological polar surface area (TPSA) is 52.1 Å². The van der Waals surface area contributed by atoms with Crippen molar-refractivity contribution in [3.8, 4) is 17.1 Å². The van der Waals surface area contributed by atoms with Gasteiger partial charge in [-0.15, -0.1) is 0 Å². The van der Waals surface area contributed by atoms with E-state index in [-0.39, 0.29) is 0 Å². The van der Waals surface area contributed by atoms with Gasteiger partial charge in [0.05, 0.1) is 12.4 Å². The van der Waals surface area contributed by atoms with Gasteiger partial charge in [-0.05, 0) is 24.8 Å². The molecule has 0 fully saturated rings. The number of rotatable bonds is 11. The first-order chi connectivity index (χ1) is 13.2. The number of esters is 1. The number of aromatic nitrogens is 2. The van der Waals surface area contributed by atoms with E-state index in [0.717, 1.165) is 24.8 Å². The molecule has 0 N–H and O–H groups in total. The quantitative estimate of drug-likeness (QED) is 0.281. The summed E-state index contributed by atoms with van der Waals surface area (Å²) in [6.45, 7) is 4.30. The minimum Gasteiger partial charge on any atom is -0.420 e. The minimum absolute atomic E-state index is 0.355. The number of benzene rings is 1. The first kappa shape index (κ1) is 20.8. The Morgan fingerprint density at radius 3 is 2.33 bits per heavy atom. The van der Waals surface area contributed by atoms with Crippen LogP contribution < -0.4 is 4.74 Å². The second-order valence-electron chi connectivity index (χ2n) is 6.72. The summed E-state index contributed by atoms with van der Waals surface area (Å²) in [6, 6.07) is 8.39. The van der Waals surface area contributed by atoms with Crippen molar-refractivity contribution in [1.82, 2.24) is 9.97 Å². The van der Waals surface area contributed by atoms with Crippen molar-refractivity contribution in [2.24, 2.45) is 0 Å². The van der Waals surface area contributed by atoms with Crippen LogP contribution in [0.5, 0.6) is 5.75 Å². The summed E-state index contributed by atoms with van der Waals surface area (Å²) in [6.07, 6.45) is 15.8. The molecule has 0 atom stereocenters. The molecule has 4 heteroatoms. The molecule has 27 heavy (non-hydrogen) atoms. The van der Waals surface area contributed by atoms with Gasteiger partial charge in [0, 0.05) is 11.6 Å². The molecule has 0 radical (unpaired) electrons. The van der Waals surface area contributed by atoms with Crippen molar-refractivity contribution in [3.05, 3.63) is 54.4 Å². The van der Waals surface area contributed by atoms with Crippen LogP contribution >= 0.6 is 0 Å². The Bertz CT molecular complexity index is 706. The lowest BCUT2D eigenvalue weighted by molar-refractivity contribution is -0.129. The summed E-state index contributed by atoms with van der Waals surface area (Å²) in [7, 11) is 0. The van der Waals surface area contributed by atoms with Crippen LogP contribution in [0.4, 0.5) is 0 Å². The number of nitrogens with zero attached hydrogens (tertiary/aromatic N) is 2. The summed E-state index contributed by atoms with van der Waals surface area (Å²) in [4.78, 5) is 20.3. The fourth-order valence-corrected chi connectivity index (χ4v) is 2.77. The Labute approximate surface area is 162 Å². The standard InChI is InChI=1S/C23H30N2O2/c1-3-5-7-8-10-11-19-13-15-20(16-14-19)23-24-17-21(18-25-23)27-22(26)12-9-6-4-2/h9,12-18H,3-8,10-11H2,1-2H3. The molecular weight excluding hydrogens is 336 g/mol. The maximum Gasteiger partial charge on any atom is 0.335 e. The van der Waals surface area contributed by atoms with Gasteiger partial charge in [0.25, 0.3) is 0 Å². The molecule has 0 aliphatic rings. The zero-order chi connectivity index (χ0) is 19.3. The first-order valence-electron chi connectivity index (χ1n) is 10.0. The lowest BCUT2D eigenvalue weighted by Crippen LogP contribution is -2.04. The molecule has 0 spiro atoms. The Morgan fingerprint density at radius 1 is 0.963 bits per heavy atom.